The second-order valence-corrected chi connectivity index (χ2v) is 9.54. The van der Waals surface area contributed by atoms with Gasteiger partial charge in [0, 0.05) is 24.1 Å². The first-order valence-electron chi connectivity index (χ1n) is 9.10. The zero-order chi connectivity index (χ0) is 22.4. The summed E-state index contributed by atoms with van der Waals surface area (Å²) in [7, 11) is 1.28. The lowest BCUT2D eigenvalue weighted by molar-refractivity contribution is -0.201. The molecule has 10 nitrogen and oxygen atoms in total. The Hall–Kier alpha value is -2.24. The molecule has 2 N–H and O–H groups in total. The minimum absolute atomic E-state index is 0.0870. The van der Waals surface area contributed by atoms with Crippen LogP contribution in [0.4, 0.5) is 0 Å². The number of nitrogens with one attached hydrogen (secondary N) is 1. The van der Waals surface area contributed by atoms with Crippen molar-refractivity contribution in [2.24, 2.45) is 0 Å². The number of thioether (sulfide) groups is 1. The molecule has 0 aromatic carbocycles. The summed E-state index contributed by atoms with van der Waals surface area (Å²) in [6.07, 6.45) is 1.27. The number of nitrogens with zero attached hydrogens (tertiary/aromatic N) is 2. The normalized spacial score (nSPS) is 26.7. The van der Waals surface area contributed by atoms with Gasteiger partial charge in [-0.25, -0.2) is 4.79 Å². The van der Waals surface area contributed by atoms with Gasteiger partial charge in [-0.05, 0) is 20.8 Å². The van der Waals surface area contributed by atoms with Crippen molar-refractivity contribution in [1.82, 2.24) is 14.8 Å². The van der Waals surface area contributed by atoms with Crippen molar-refractivity contribution in [2.45, 2.75) is 49.2 Å². The predicted molar refractivity (Wildman–Crippen MR) is 108 cm³/mol. The van der Waals surface area contributed by atoms with Crippen LogP contribution in [0.1, 0.15) is 20.8 Å². The van der Waals surface area contributed by atoms with Gasteiger partial charge in [-0.3, -0.25) is 14.4 Å². The molecule has 3 rings (SSSR count). The molecule has 164 valence electrons. The monoisotopic (exact) mass is 459 g/mol. The van der Waals surface area contributed by atoms with Crippen LogP contribution in [0.5, 0.6) is 5.88 Å². The van der Waals surface area contributed by atoms with Crippen LogP contribution in [0.15, 0.2) is 17.1 Å². The molecule has 2 amide bonds. The maximum Gasteiger partial charge on any atom is 0.327 e. The fraction of sp³-hybridized carbons (Fsp3) is 0.556. The molecular weight excluding hydrogens is 438 g/mol. The number of ether oxygens (including phenoxy) is 2. The highest BCUT2D eigenvalue weighted by Gasteiger charge is 2.73. The van der Waals surface area contributed by atoms with Crippen molar-refractivity contribution in [3.05, 3.63) is 27.5 Å². The van der Waals surface area contributed by atoms with Crippen LogP contribution in [0.25, 0.3) is 0 Å². The zero-order valence-electron chi connectivity index (χ0n) is 16.8. The van der Waals surface area contributed by atoms with Crippen molar-refractivity contribution in [3.8, 4) is 5.88 Å². The van der Waals surface area contributed by atoms with Crippen molar-refractivity contribution >= 4 is 41.1 Å². The number of amides is 2. The van der Waals surface area contributed by atoms with Gasteiger partial charge < -0.3 is 29.4 Å². The van der Waals surface area contributed by atoms with Gasteiger partial charge >= 0.3 is 5.97 Å². The lowest BCUT2D eigenvalue weighted by Crippen LogP contribution is -2.80. The summed E-state index contributed by atoms with van der Waals surface area (Å²) in [5.74, 6) is -2.19. The Morgan fingerprint density at radius 2 is 2.03 bits per heavy atom. The SMILES string of the molecule is CCOc1cc(=O)c(Cl)cn1CC(=O)N[C@@]1(OC)C(=O)N2[C@@H](C(=O)O)C(C)(C)S[C@@H]21. The highest BCUT2D eigenvalue weighted by atomic mass is 35.5. The third kappa shape index (κ3) is 3.44. The standard InChI is InChI=1S/C18H22ClN3O7S/c1-5-29-12-6-10(23)9(19)7-21(12)8-11(24)20-18(28-4)15(27)22-13(14(25)26)17(2,3)30-16(18)22/h6-7,13,16H,5,8H2,1-4H3,(H,20,24)(H,25,26)/t13-,16+,18+/m0/s1. The van der Waals surface area contributed by atoms with Gasteiger partial charge in [0.15, 0.2) is 5.88 Å². The third-order valence-corrected chi connectivity index (χ3v) is 6.93. The van der Waals surface area contributed by atoms with E-state index in [0.29, 0.717) is 0 Å². The van der Waals surface area contributed by atoms with E-state index >= 15 is 0 Å². The summed E-state index contributed by atoms with van der Waals surface area (Å²) in [6, 6.07) is 0.135. The molecule has 2 aliphatic heterocycles. The van der Waals surface area contributed by atoms with Crippen LogP contribution < -0.4 is 15.5 Å². The largest absolute Gasteiger partial charge is 0.480 e. The Morgan fingerprint density at radius 1 is 1.37 bits per heavy atom. The molecule has 0 saturated carbocycles. The molecule has 0 unspecified atom stereocenters. The summed E-state index contributed by atoms with van der Waals surface area (Å²) in [4.78, 5) is 50.3. The zero-order valence-corrected chi connectivity index (χ0v) is 18.4. The summed E-state index contributed by atoms with van der Waals surface area (Å²) in [6.45, 7) is 5.14. The topological polar surface area (TPSA) is 127 Å². The average Bonchev–Trinajstić information content (AvgIpc) is 2.93. The van der Waals surface area contributed by atoms with Crippen LogP contribution in [0.2, 0.25) is 5.02 Å². The third-order valence-electron chi connectivity index (χ3n) is 5.03. The number of carbonyl (C=O) groups is 3. The number of β-lactam (4-membered cyclic amide) rings is 1. The van der Waals surface area contributed by atoms with Crippen LogP contribution in [-0.2, 0) is 25.7 Å². The fourth-order valence-electron chi connectivity index (χ4n) is 3.71. The van der Waals surface area contributed by atoms with Gasteiger partial charge in [-0.1, -0.05) is 11.6 Å². The second kappa shape index (κ2) is 7.78. The second-order valence-electron chi connectivity index (χ2n) is 7.40. The number of methoxy groups -OCH3 is 1. The van der Waals surface area contributed by atoms with E-state index in [4.69, 9.17) is 21.1 Å². The summed E-state index contributed by atoms with van der Waals surface area (Å²) in [5, 5.41) is 11.4. The van der Waals surface area contributed by atoms with Gasteiger partial charge in [0.1, 0.15) is 23.0 Å². The van der Waals surface area contributed by atoms with Crippen molar-refractivity contribution < 1.29 is 29.0 Å². The Kier molecular flexibility index (Phi) is 5.82. The van der Waals surface area contributed by atoms with E-state index in [2.05, 4.69) is 5.32 Å². The lowest BCUT2D eigenvalue weighted by atomic mass is 9.93. The van der Waals surface area contributed by atoms with Crippen molar-refractivity contribution in [3.63, 3.8) is 0 Å². The number of aromatic nitrogens is 1. The molecule has 0 aliphatic carbocycles. The molecule has 3 heterocycles. The number of carbonyl (C=O) groups excluding carboxylic acids is 2. The highest BCUT2D eigenvalue weighted by molar-refractivity contribution is 8.01. The minimum atomic E-state index is -1.68. The Morgan fingerprint density at radius 3 is 2.60 bits per heavy atom. The van der Waals surface area contributed by atoms with Gasteiger partial charge in [0.25, 0.3) is 11.6 Å². The molecule has 1 aromatic heterocycles. The molecule has 0 bridgehead atoms. The molecule has 1 aromatic rings. The van der Waals surface area contributed by atoms with Gasteiger partial charge in [-0.2, -0.15) is 0 Å². The first kappa shape index (κ1) is 22.4. The van der Waals surface area contributed by atoms with Gasteiger partial charge in [-0.15, -0.1) is 11.8 Å². The first-order chi connectivity index (χ1) is 14.0. The molecular formula is C18H22ClN3O7S. The van der Waals surface area contributed by atoms with Gasteiger partial charge in [0.2, 0.25) is 11.3 Å². The molecule has 0 radical (unpaired) electrons. The summed E-state index contributed by atoms with van der Waals surface area (Å²) in [5.41, 5.74) is -2.13. The molecule has 30 heavy (non-hydrogen) atoms. The minimum Gasteiger partial charge on any atom is -0.480 e. The Bertz CT molecular complexity index is 966. The fourth-order valence-corrected chi connectivity index (χ4v) is 5.55. The number of carboxylic acids is 1. The van der Waals surface area contributed by atoms with Gasteiger partial charge in [0.05, 0.1) is 6.61 Å². The number of hydrogen-bond donors (Lipinski definition) is 2. The number of hydrogen-bond acceptors (Lipinski definition) is 7. The molecule has 3 atom stereocenters. The van der Waals surface area contributed by atoms with E-state index in [1.54, 1.807) is 20.8 Å². The highest BCUT2D eigenvalue weighted by Crippen LogP contribution is 2.55. The number of halogens is 1. The quantitative estimate of drug-likeness (QED) is 0.446. The molecule has 2 fully saturated rings. The van der Waals surface area contributed by atoms with Crippen LogP contribution >= 0.6 is 23.4 Å². The van der Waals surface area contributed by atoms with Crippen molar-refractivity contribution in [1.29, 1.82) is 0 Å². The van der Waals surface area contributed by atoms with Crippen LogP contribution in [0.3, 0.4) is 0 Å². The number of rotatable bonds is 7. The molecule has 2 aliphatic rings. The van der Waals surface area contributed by atoms with Crippen LogP contribution in [-0.4, -0.2) is 68.0 Å². The maximum absolute atomic E-state index is 12.9. The Balaban J connectivity index is 1.83. The number of fused-ring (bicyclic) bond motifs is 1. The smallest absolute Gasteiger partial charge is 0.327 e. The first-order valence-corrected chi connectivity index (χ1v) is 10.4. The number of aliphatic carboxylic acids is 1. The summed E-state index contributed by atoms with van der Waals surface area (Å²) >= 11 is 7.12. The predicted octanol–water partition coefficient (Wildman–Crippen LogP) is 0.506. The van der Waals surface area contributed by atoms with E-state index in [1.807, 2.05) is 0 Å². The lowest BCUT2D eigenvalue weighted by Gasteiger charge is -2.51. The summed E-state index contributed by atoms with van der Waals surface area (Å²) < 4.78 is 11.3. The molecule has 12 heteroatoms. The Labute approximate surface area is 181 Å². The van der Waals surface area contributed by atoms with E-state index in [-0.39, 0.29) is 24.1 Å². The number of pyridine rings is 1. The molecule has 0 spiro atoms. The van der Waals surface area contributed by atoms with E-state index in [1.165, 1.54) is 40.6 Å². The number of carboxylic acid groups (broad SMARTS) is 1. The van der Waals surface area contributed by atoms with E-state index in [9.17, 15) is 24.3 Å². The van der Waals surface area contributed by atoms with Crippen molar-refractivity contribution in [2.75, 3.05) is 13.7 Å². The maximum atomic E-state index is 12.9. The van der Waals surface area contributed by atoms with E-state index < -0.39 is 45.1 Å². The van der Waals surface area contributed by atoms with Crippen LogP contribution in [0, 0.1) is 0 Å². The molecule has 2 saturated heterocycles. The average molecular weight is 460 g/mol. The van der Waals surface area contributed by atoms with E-state index in [0.717, 1.165) is 0 Å².